The molecular weight excluding hydrogens is 235 g/mol. The van der Waals surface area contributed by atoms with Crippen LogP contribution in [0.1, 0.15) is 5.56 Å². The third-order valence-electron chi connectivity index (χ3n) is 2.05. The minimum absolute atomic E-state index is 0.123. The molecule has 0 heterocycles. The van der Waals surface area contributed by atoms with Crippen molar-refractivity contribution in [3.8, 4) is 5.75 Å². The summed E-state index contributed by atoms with van der Waals surface area (Å²) in [4.78, 5) is 0. The van der Waals surface area contributed by atoms with Gasteiger partial charge in [0, 0.05) is 18.7 Å². The average molecular weight is 249 g/mol. The third-order valence-corrected chi connectivity index (χ3v) is 2.05. The van der Waals surface area contributed by atoms with Crippen molar-refractivity contribution in [2.24, 2.45) is 0 Å². The summed E-state index contributed by atoms with van der Waals surface area (Å²) in [5.74, 6) is 0.705. The first-order chi connectivity index (χ1) is 8.03. The highest BCUT2D eigenvalue weighted by Gasteiger charge is 2.28. The van der Waals surface area contributed by atoms with Gasteiger partial charge < -0.3 is 10.1 Å². The van der Waals surface area contributed by atoms with Crippen molar-refractivity contribution in [3.05, 3.63) is 29.8 Å². The molecule has 0 saturated carbocycles. The highest BCUT2D eigenvalue weighted by Crippen LogP contribution is 2.17. The van der Waals surface area contributed by atoms with E-state index in [4.69, 9.17) is 4.74 Å². The molecule has 0 amide bonds. The Labute approximate surface area is 97.5 Å². The van der Waals surface area contributed by atoms with Crippen LogP contribution in [0.3, 0.4) is 0 Å². The Morgan fingerprint density at radius 3 is 2.59 bits per heavy atom. The number of benzene rings is 1. The number of halogens is 3. The van der Waals surface area contributed by atoms with E-state index in [2.05, 4.69) is 10.1 Å². The molecule has 0 atom stereocenters. The van der Waals surface area contributed by atoms with Crippen molar-refractivity contribution >= 4 is 0 Å². The number of methoxy groups -OCH3 is 1. The van der Waals surface area contributed by atoms with E-state index in [9.17, 15) is 13.2 Å². The van der Waals surface area contributed by atoms with Crippen molar-refractivity contribution in [3.63, 3.8) is 0 Å². The molecule has 0 aromatic heterocycles. The summed E-state index contributed by atoms with van der Waals surface area (Å²) in [5, 5.41) is 2.84. The molecule has 0 spiro atoms. The highest BCUT2D eigenvalue weighted by molar-refractivity contribution is 5.32. The van der Waals surface area contributed by atoms with Crippen molar-refractivity contribution in [2.45, 2.75) is 12.9 Å². The van der Waals surface area contributed by atoms with Gasteiger partial charge in [-0.1, -0.05) is 18.2 Å². The maximum Gasteiger partial charge on any atom is 0.522 e. The van der Waals surface area contributed by atoms with Gasteiger partial charge in [0.05, 0.1) is 13.7 Å². The molecule has 3 nitrogen and oxygen atoms in total. The summed E-state index contributed by atoms with van der Waals surface area (Å²) >= 11 is 0. The van der Waals surface area contributed by atoms with Gasteiger partial charge in [0.2, 0.25) is 0 Å². The van der Waals surface area contributed by atoms with Gasteiger partial charge in [-0.15, -0.1) is 13.2 Å². The van der Waals surface area contributed by atoms with Crippen molar-refractivity contribution in [2.75, 3.05) is 20.3 Å². The van der Waals surface area contributed by atoms with Crippen molar-refractivity contribution in [1.82, 2.24) is 5.32 Å². The van der Waals surface area contributed by atoms with Crippen LogP contribution in [0, 0.1) is 0 Å². The predicted octanol–water partition coefficient (Wildman–Crippen LogP) is 2.32. The molecular formula is C11H14F3NO2. The number of nitrogens with one attached hydrogen (secondary N) is 1. The molecule has 0 radical (unpaired) electrons. The predicted molar refractivity (Wildman–Crippen MR) is 56.7 cm³/mol. The summed E-state index contributed by atoms with van der Waals surface area (Å²) in [6, 6.07) is 7.31. The van der Waals surface area contributed by atoms with Crippen LogP contribution in [-0.4, -0.2) is 26.6 Å². The lowest BCUT2D eigenvalue weighted by atomic mass is 10.2. The van der Waals surface area contributed by atoms with E-state index in [-0.39, 0.29) is 6.54 Å². The summed E-state index contributed by atoms with van der Waals surface area (Å²) in [6.07, 6.45) is -4.56. The van der Waals surface area contributed by atoms with Gasteiger partial charge in [-0.3, -0.25) is 4.74 Å². The minimum Gasteiger partial charge on any atom is -0.496 e. The largest absolute Gasteiger partial charge is 0.522 e. The molecule has 0 aliphatic rings. The molecule has 96 valence electrons. The first kappa shape index (κ1) is 13.8. The van der Waals surface area contributed by atoms with Crippen LogP contribution in [0.15, 0.2) is 24.3 Å². The quantitative estimate of drug-likeness (QED) is 0.785. The van der Waals surface area contributed by atoms with E-state index in [0.29, 0.717) is 12.3 Å². The Balaban J connectivity index is 2.27. The van der Waals surface area contributed by atoms with E-state index in [0.717, 1.165) is 5.56 Å². The van der Waals surface area contributed by atoms with Crippen LogP contribution < -0.4 is 10.1 Å². The van der Waals surface area contributed by atoms with Gasteiger partial charge in [-0.05, 0) is 6.07 Å². The Morgan fingerprint density at radius 1 is 1.24 bits per heavy atom. The summed E-state index contributed by atoms with van der Waals surface area (Å²) in [6.45, 7) is 0.154. The second-order valence-corrected chi connectivity index (χ2v) is 3.28. The van der Waals surface area contributed by atoms with Crippen LogP contribution in [0.2, 0.25) is 0 Å². The number of alkyl halides is 3. The molecule has 0 unspecified atom stereocenters. The lowest BCUT2D eigenvalue weighted by Crippen LogP contribution is -2.24. The zero-order valence-electron chi connectivity index (χ0n) is 9.38. The fraction of sp³-hybridized carbons (Fsp3) is 0.455. The molecule has 1 rings (SSSR count). The second kappa shape index (κ2) is 6.46. The van der Waals surface area contributed by atoms with Crippen LogP contribution >= 0.6 is 0 Å². The number of ether oxygens (including phenoxy) is 2. The van der Waals surface area contributed by atoms with Crippen molar-refractivity contribution < 1.29 is 22.6 Å². The standard InChI is InChI=1S/C11H14F3NO2/c1-16-10-5-3-2-4-9(10)8-15-6-7-17-11(12,13)14/h2-5,15H,6-8H2,1H3. The Kier molecular flexibility index (Phi) is 5.24. The summed E-state index contributed by atoms with van der Waals surface area (Å²) in [5.41, 5.74) is 0.891. The lowest BCUT2D eigenvalue weighted by molar-refractivity contribution is -0.323. The molecule has 17 heavy (non-hydrogen) atoms. The first-order valence-corrected chi connectivity index (χ1v) is 5.06. The number of hydrogen-bond donors (Lipinski definition) is 1. The van der Waals surface area contributed by atoms with Crippen LogP contribution in [0.4, 0.5) is 13.2 Å². The summed E-state index contributed by atoms with van der Waals surface area (Å²) in [7, 11) is 1.55. The van der Waals surface area contributed by atoms with Gasteiger partial charge in [-0.2, -0.15) is 0 Å². The van der Waals surface area contributed by atoms with E-state index in [1.165, 1.54) is 0 Å². The molecule has 0 saturated heterocycles. The molecule has 0 aliphatic heterocycles. The summed E-state index contributed by atoms with van der Waals surface area (Å²) < 4.78 is 43.7. The Bertz CT molecular complexity index is 342. The number of hydrogen-bond acceptors (Lipinski definition) is 3. The van der Waals surface area contributed by atoms with Gasteiger partial charge in [0.25, 0.3) is 0 Å². The number of para-hydroxylation sites is 1. The highest BCUT2D eigenvalue weighted by atomic mass is 19.4. The molecule has 1 aromatic carbocycles. The SMILES string of the molecule is COc1ccccc1CNCCOC(F)(F)F. The van der Waals surface area contributed by atoms with Crippen LogP contribution in [0.25, 0.3) is 0 Å². The van der Waals surface area contributed by atoms with Gasteiger partial charge in [0.15, 0.2) is 0 Å². The number of rotatable bonds is 6. The molecule has 6 heteroatoms. The maximum absolute atomic E-state index is 11.7. The van der Waals surface area contributed by atoms with Gasteiger partial charge in [0.1, 0.15) is 5.75 Å². The molecule has 0 bridgehead atoms. The van der Waals surface area contributed by atoms with E-state index in [1.54, 1.807) is 13.2 Å². The van der Waals surface area contributed by atoms with Crippen LogP contribution in [0.5, 0.6) is 5.75 Å². The molecule has 0 aliphatic carbocycles. The molecule has 1 aromatic rings. The molecule has 0 fully saturated rings. The second-order valence-electron chi connectivity index (χ2n) is 3.28. The smallest absolute Gasteiger partial charge is 0.496 e. The Hall–Kier alpha value is -1.27. The van der Waals surface area contributed by atoms with E-state index < -0.39 is 13.0 Å². The third kappa shape index (κ3) is 5.55. The maximum atomic E-state index is 11.7. The first-order valence-electron chi connectivity index (χ1n) is 5.06. The fourth-order valence-corrected chi connectivity index (χ4v) is 1.31. The zero-order chi connectivity index (χ0) is 12.7. The topological polar surface area (TPSA) is 30.5 Å². The average Bonchev–Trinajstić information content (AvgIpc) is 2.27. The zero-order valence-corrected chi connectivity index (χ0v) is 9.38. The Morgan fingerprint density at radius 2 is 1.94 bits per heavy atom. The van der Waals surface area contributed by atoms with Crippen LogP contribution in [-0.2, 0) is 11.3 Å². The fourth-order valence-electron chi connectivity index (χ4n) is 1.31. The van der Waals surface area contributed by atoms with Gasteiger partial charge in [-0.25, -0.2) is 0 Å². The van der Waals surface area contributed by atoms with E-state index >= 15 is 0 Å². The lowest BCUT2D eigenvalue weighted by Gasteiger charge is -2.10. The normalized spacial score (nSPS) is 11.5. The molecule has 1 N–H and O–H groups in total. The minimum atomic E-state index is -4.56. The van der Waals surface area contributed by atoms with E-state index in [1.807, 2.05) is 18.2 Å². The van der Waals surface area contributed by atoms with Gasteiger partial charge >= 0.3 is 6.36 Å². The monoisotopic (exact) mass is 249 g/mol. The van der Waals surface area contributed by atoms with Crippen molar-refractivity contribution in [1.29, 1.82) is 0 Å².